The lowest BCUT2D eigenvalue weighted by atomic mass is 9.95. The van der Waals surface area contributed by atoms with Gasteiger partial charge in [-0.2, -0.15) is 0 Å². The third-order valence-corrected chi connectivity index (χ3v) is 7.22. The smallest absolute Gasteiger partial charge is 0.259 e. The van der Waals surface area contributed by atoms with Gasteiger partial charge in [0.05, 0.1) is 11.7 Å². The third-order valence-electron chi connectivity index (χ3n) is 6.02. The van der Waals surface area contributed by atoms with Gasteiger partial charge in [0, 0.05) is 22.3 Å². The van der Waals surface area contributed by atoms with E-state index < -0.39 is 0 Å². The summed E-state index contributed by atoms with van der Waals surface area (Å²) in [5.41, 5.74) is 3.60. The summed E-state index contributed by atoms with van der Waals surface area (Å²) in [6, 6.07) is 21.9. The van der Waals surface area contributed by atoms with Gasteiger partial charge >= 0.3 is 0 Å². The Hall–Kier alpha value is -3.44. The molecule has 5 heteroatoms. The van der Waals surface area contributed by atoms with Gasteiger partial charge in [0.15, 0.2) is 0 Å². The summed E-state index contributed by atoms with van der Waals surface area (Å²) in [6.07, 6.45) is 6.12. The van der Waals surface area contributed by atoms with Crippen molar-refractivity contribution in [3.63, 3.8) is 0 Å². The Bertz CT molecular complexity index is 1360. The molecule has 5 rings (SSSR count). The van der Waals surface area contributed by atoms with Crippen LogP contribution in [0.15, 0.2) is 71.7 Å². The maximum atomic E-state index is 13.4. The van der Waals surface area contributed by atoms with E-state index in [0.717, 1.165) is 64.0 Å². The van der Waals surface area contributed by atoms with Crippen LogP contribution in [0.3, 0.4) is 0 Å². The average molecular weight is 469 g/mol. The van der Waals surface area contributed by atoms with Crippen LogP contribution < -0.4 is 10.1 Å². The lowest BCUT2D eigenvalue weighted by Gasteiger charge is -2.14. The number of hydrogen-bond acceptors (Lipinski definition) is 4. The monoisotopic (exact) mass is 468 g/mol. The maximum Gasteiger partial charge on any atom is 0.259 e. The minimum atomic E-state index is -0.0886. The topological polar surface area (TPSA) is 50.7 Å². The van der Waals surface area contributed by atoms with Crippen LogP contribution in [0.2, 0.25) is 0 Å². The molecule has 0 atom stereocenters. The van der Waals surface area contributed by atoms with Crippen LogP contribution in [0.1, 0.15) is 53.1 Å². The normalized spacial score (nSPS) is 13.4. The molecule has 0 saturated heterocycles. The van der Waals surface area contributed by atoms with E-state index in [1.54, 1.807) is 11.3 Å². The molecule has 0 saturated carbocycles. The van der Waals surface area contributed by atoms with Gasteiger partial charge in [-0.05, 0) is 74.1 Å². The summed E-state index contributed by atoms with van der Waals surface area (Å²) in [5, 5.41) is 6.05. The number of aliphatic imine (C=N–C) groups is 1. The number of hydrogen-bond donors (Lipinski definition) is 1. The van der Waals surface area contributed by atoms with Gasteiger partial charge in [-0.25, -0.2) is 4.99 Å². The van der Waals surface area contributed by atoms with E-state index in [1.807, 2.05) is 68.6 Å². The Labute approximate surface area is 204 Å². The second-order valence-corrected chi connectivity index (χ2v) is 9.92. The summed E-state index contributed by atoms with van der Waals surface area (Å²) in [6.45, 7) is 4.05. The van der Waals surface area contributed by atoms with Gasteiger partial charge in [-0.1, -0.05) is 48.5 Å². The number of carbonyl (C=O) groups excluding carboxylic acids is 1. The number of para-hydroxylation sites is 1. The zero-order chi connectivity index (χ0) is 23.5. The molecule has 0 aliphatic heterocycles. The summed E-state index contributed by atoms with van der Waals surface area (Å²) < 4.78 is 6.11. The predicted molar refractivity (Wildman–Crippen MR) is 142 cm³/mol. The molecule has 3 aromatic carbocycles. The molecular weight excluding hydrogens is 440 g/mol. The fourth-order valence-corrected chi connectivity index (χ4v) is 5.71. The van der Waals surface area contributed by atoms with Gasteiger partial charge in [-0.3, -0.25) is 4.79 Å². The first-order valence-electron chi connectivity index (χ1n) is 11.8. The summed E-state index contributed by atoms with van der Waals surface area (Å²) in [5.74, 6) is 0.711. The number of nitrogens with one attached hydrogen (secondary N) is 1. The Morgan fingerprint density at radius 2 is 1.76 bits per heavy atom. The highest BCUT2D eigenvalue weighted by Crippen LogP contribution is 2.40. The van der Waals surface area contributed by atoms with E-state index in [0.29, 0.717) is 5.56 Å². The first-order chi connectivity index (χ1) is 16.6. The Balaban J connectivity index is 1.58. The molecule has 172 valence electrons. The first kappa shape index (κ1) is 22.4. The number of aryl methyl sites for hydroxylation is 1. The number of anilines is 1. The lowest BCUT2D eigenvalue weighted by Crippen LogP contribution is -2.14. The van der Waals surface area contributed by atoms with Crippen molar-refractivity contribution in [3.8, 4) is 5.75 Å². The fraction of sp³-hybridized carbons (Fsp3) is 0.241. The highest BCUT2D eigenvalue weighted by molar-refractivity contribution is 7.16. The zero-order valence-electron chi connectivity index (χ0n) is 19.5. The molecule has 1 aliphatic rings. The van der Waals surface area contributed by atoms with Gasteiger partial charge in [0.25, 0.3) is 5.91 Å². The Morgan fingerprint density at radius 3 is 2.59 bits per heavy atom. The van der Waals surface area contributed by atoms with Gasteiger partial charge in [-0.15, -0.1) is 11.3 Å². The molecule has 1 aliphatic carbocycles. The van der Waals surface area contributed by atoms with Gasteiger partial charge in [0.2, 0.25) is 0 Å². The quantitative estimate of drug-likeness (QED) is 0.297. The molecule has 4 aromatic rings. The van der Waals surface area contributed by atoms with Crippen molar-refractivity contribution < 1.29 is 9.53 Å². The number of ether oxygens (including phenoxy) is 1. The predicted octanol–water partition coefficient (Wildman–Crippen LogP) is 7.57. The second kappa shape index (κ2) is 9.82. The lowest BCUT2D eigenvalue weighted by molar-refractivity contribution is 0.102. The molecule has 4 nitrogen and oxygen atoms in total. The van der Waals surface area contributed by atoms with E-state index in [2.05, 4.69) is 23.5 Å². The number of thiophene rings is 1. The highest BCUT2D eigenvalue weighted by atomic mass is 32.1. The molecule has 1 heterocycles. The third kappa shape index (κ3) is 4.62. The fourth-order valence-electron chi connectivity index (χ4n) is 4.48. The Morgan fingerprint density at radius 1 is 1.00 bits per heavy atom. The average Bonchev–Trinajstić information content (AvgIpc) is 3.22. The van der Waals surface area contributed by atoms with Crippen molar-refractivity contribution in [1.29, 1.82) is 0 Å². The van der Waals surface area contributed by atoms with Crippen LogP contribution >= 0.6 is 11.3 Å². The summed E-state index contributed by atoms with van der Waals surface area (Å²) in [4.78, 5) is 19.6. The summed E-state index contributed by atoms with van der Waals surface area (Å²) >= 11 is 1.65. The second-order valence-electron chi connectivity index (χ2n) is 8.83. The van der Waals surface area contributed by atoms with Crippen molar-refractivity contribution in [2.45, 2.75) is 45.6 Å². The van der Waals surface area contributed by atoms with Crippen molar-refractivity contribution in [1.82, 2.24) is 0 Å². The minimum Gasteiger partial charge on any atom is -0.490 e. The van der Waals surface area contributed by atoms with Gasteiger partial charge in [0.1, 0.15) is 10.8 Å². The van der Waals surface area contributed by atoms with Crippen molar-refractivity contribution in [2.24, 2.45) is 4.99 Å². The van der Waals surface area contributed by atoms with E-state index >= 15 is 0 Å². The van der Waals surface area contributed by atoms with Crippen LogP contribution in [0, 0.1) is 0 Å². The van der Waals surface area contributed by atoms with Crippen LogP contribution in [-0.4, -0.2) is 18.2 Å². The summed E-state index contributed by atoms with van der Waals surface area (Å²) in [7, 11) is 0. The molecule has 0 radical (unpaired) electrons. The largest absolute Gasteiger partial charge is 0.490 e. The number of fused-ring (bicyclic) bond motifs is 2. The molecule has 0 fully saturated rings. The highest BCUT2D eigenvalue weighted by Gasteiger charge is 2.25. The SMILES string of the molecule is CC(C)Oc1ccc2ccccc2c1C=Nc1sc2c(c1C(=O)Nc1ccccc1)CCCC2. The van der Waals surface area contributed by atoms with Crippen LogP contribution in [0.4, 0.5) is 10.7 Å². The van der Waals surface area contributed by atoms with Crippen molar-refractivity contribution in [2.75, 3.05) is 5.32 Å². The van der Waals surface area contributed by atoms with Crippen LogP contribution in [-0.2, 0) is 12.8 Å². The first-order valence-corrected chi connectivity index (χ1v) is 12.6. The number of amides is 1. The molecule has 0 spiro atoms. The van der Waals surface area contributed by atoms with Crippen LogP contribution in [0.25, 0.3) is 10.8 Å². The number of carbonyl (C=O) groups is 1. The standard InChI is InChI=1S/C29H28N2O2S/c1-19(2)33-25-17-16-20-10-6-7-13-22(20)24(25)18-30-29-27(23-14-8-9-15-26(23)34-29)28(32)31-21-11-4-3-5-12-21/h3-7,10-13,16-19H,8-9,14-15H2,1-2H3,(H,31,32). The van der Waals surface area contributed by atoms with E-state index in [4.69, 9.17) is 9.73 Å². The number of nitrogens with zero attached hydrogens (tertiary/aromatic N) is 1. The van der Waals surface area contributed by atoms with Crippen molar-refractivity contribution >= 4 is 44.9 Å². The van der Waals surface area contributed by atoms with E-state index in [9.17, 15) is 4.79 Å². The molecular formula is C29H28N2O2S. The maximum absolute atomic E-state index is 13.4. The van der Waals surface area contributed by atoms with Crippen molar-refractivity contribution in [3.05, 3.63) is 88.3 Å². The molecule has 0 unspecified atom stereocenters. The van der Waals surface area contributed by atoms with E-state index in [-0.39, 0.29) is 12.0 Å². The number of rotatable bonds is 6. The number of benzene rings is 3. The Kier molecular flexibility index (Phi) is 6.45. The van der Waals surface area contributed by atoms with Gasteiger partial charge < -0.3 is 10.1 Å². The molecule has 1 aromatic heterocycles. The van der Waals surface area contributed by atoms with Crippen LogP contribution in [0.5, 0.6) is 5.75 Å². The molecule has 0 bridgehead atoms. The molecule has 1 N–H and O–H groups in total. The molecule has 1 amide bonds. The zero-order valence-corrected chi connectivity index (χ0v) is 20.3. The van der Waals surface area contributed by atoms with E-state index in [1.165, 1.54) is 4.88 Å². The molecule has 34 heavy (non-hydrogen) atoms. The minimum absolute atomic E-state index is 0.0505.